The summed E-state index contributed by atoms with van der Waals surface area (Å²) in [5.74, 6) is -10.7. The lowest BCUT2D eigenvalue weighted by Gasteiger charge is -2.22. The summed E-state index contributed by atoms with van der Waals surface area (Å²) >= 11 is 16.1. The second-order valence-corrected chi connectivity index (χ2v) is 11.0. The van der Waals surface area contributed by atoms with Crippen LogP contribution in [0.2, 0.25) is 5.15 Å². The summed E-state index contributed by atoms with van der Waals surface area (Å²) in [6.07, 6.45) is 0. The highest BCUT2D eigenvalue weighted by molar-refractivity contribution is 7.19. The van der Waals surface area contributed by atoms with Crippen molar-refractivity contribution < 1.29 is 22.0 Å². The van der Waals surface area contributed by atoms with Gasteiger partial charge in [-0.25, -0.2) is 26.9 Å². The van der Waals surface area contributed by atoms with Crippen molar-refractivity contribution in [3.63, 3.8) is 0 Å². The van der Waals surface area contributed by atoms with Crippen LogP contribution >= 0.6 is 57.2 Å². The number of benzene rings is 2. The molecule has 0 atom stereocenters. The molecule has 0 aliphatic rings. The van der Waals surface area contributed by atoms with Crippen molar-refractivity contribution >= 4 is 94.4 Å². The average molecular weight is 645 g/mol. The summed E-state index contributed by atoms with van der Waals surface area (Å²) in [7, 11) is 0. The lowest BCUT2D eigenvalue weighted by molar-refractivity contribution is 0.380. The minimum absolute atomic E-state index is 0.000224. The maximum Gasteiger partial charge on any atom is 0.233 e. The lowest BCUT2D eigenvalue weighted by atomic mass is 10.1. The Labute approximate surface area is 244 Å². The fourth-order valence-electron chi connectivity index (χ4n) is 3.33. The standard InChI is InChI=1S/C24H11Cl2F5N6S3/c25-10-11-9-12(37(14-3-1-7-38-14)15-4-2-8-39-15)5-6-13(11)33-36-24-32-22(26)23(40-24)35-34-21-19(30)17(28)16(27)18(29)20(21)31/h1-9H,10H2. The number of hydrogen-bond acceptors (Lipinski definition) is 9. The third kappa shape index (κ3) is 5.63. The van der Waals surface area contributed by atoms with Crippen molar-refractivity contribution in [3.8, 4) is 0 Å². The third-order valence-electron chi connectivity index (χ3n) is 5.15. The molecular formula is C24H11Cl2F5N6S3. The SMILES string of the molecule is Fc1c(F)c(F)c(N=Nc2sc(N=Nc3ccc(N(c4cccs4)c4cccs4)cc3CCl)nc2Cl)c(F)c1F. The first-order valence-corrected chi connectivity index (χ1v) is 14.3. The molecule has 0 aliphatic carbocycles. The van der Waals surface area contributed by atoms with Crippen LogP contribution in [0, 0.1) is 29.1 Å². The van der Waals surface area contributed by atoms with Crippen LogP contribution in [0.15, 0.2) is 73.7 Å². The highest BCUT2D eigenvalue weighted by Gasteiger charge is 2.26. The van der Waals surface area contributed by atoms with E-state index in [4.69, 9.17) is 23.2 Å². The Kier molecular flexibility index (Phi) is 8.51. The van der Waals surface area contributed by atoms with Crippen LogP contribution in [0.1, 0.15) is 5.56 Å². The quantitative estimate of drug-likeness (QED) is 0.0554. The summed E-state index contributed by atoms with van der Waals surface area (Å²) in [6.45, 7) is 0. The molecule has 0 amide bonds. The van der Waals surface area contributed by atoms with E-state index < -0.39 is 34.8 Å². The molecule has 0 unspecified atom stereocenters. The predicted molar refractivity (Wildman–Crippen MR) is 148 cm³/mol. The Balaban J connectivity index is 1.41. The summed E-state index contributed by atoms with van der Waals surface area (Å²) in [4.78, 5) is 6.03. The van der Waals surface area contributed by atoms with Gasteiger partial charge in [0, 0.05) is 11.6 Å². The molecule has 40 heavy (non-hydrogen) atoms. The van der Waals surface area contributed by atoms with E-state index in [-0.39, 0.29) is 21.2 Å². The number of aromatic nitrogens is 1. The van der Waals surface area contributed by atoms with Crippen LogP contribution in [0.5, 0.6) is 0 Å². The zero-order valence-corrected chi connectivity index (χ0v) is 23.4. The Morgan fingerprint density at radius 1 is 0.775 bits per heavy atom. The molecule has 0 aliphatic heterocycles. The normalized spacial score (nSPS) is 11.8. The molecule has 0 N–H and O–H groups in total. The van der Waals surface area contributed by atoms with Crippen molar-refractivity contribution in [2.75, 3.05) is 4.90 Å². The fourth-order valence-corrected chi connectivity index (χ4v) is 6.02. The molecule has 3 heterocycles. The molecule has 0 fully saturated rings. The molecule has 5 rings (SSSR count). The number of hydrogen-bond donors (Lipinski definition) is 0. The number of azo groups is 2. The van der Waals surface area contributed by atoms with Crippen molar-refractivity contribution in [2.24, 2.45) is 20.5 Å². The van der Waals surface area contributed by atoms with Gasteiger partial charge in [-0.15, -0.1) is 54.7 Å². The first-order valence-electron chi connectivity index (χ1n) is 10.9. The van der Waals surface area contributed by atoms with Crippen LogP contribution in [-0.4, -0.2) is 4.98 Å². The first-order chi connectivity index (χ1) is 19.3. The summed E-state index contributed by atoms with van der Waals surface area (Å²) < 4.78 is 67.8. The van der Waals surface area contributed by atoms with Crippen LogP contribution < -0.4 is 4.90 Å². The molecule has 0 spiro atoms. The van der Waals surface area contributed by atoms with E-state index in [1.165, 1.54) is 0 Å². The monoisotopic (exact) mass is 644 g/mol. The molecule has 0 bridgehead atoms. The highest BCUT2D eigenvalue weighted by atomic mass is 35.5. The smallest absolute Gasteiger partial charge is 0.233 e. The van der Waals surface area contributed by atoms with Gasteiger partial charge in [-0.3, -0.25) is 4.90 Å². The molecule has 2 aromatic carbocycles. The Hall–Kier alpha value is -3.30. The molecule has 0 radical (unpaired) electrons. The number of thiophene rings is 2. The van der Waals surface area contributed by atoms with Gasteiger partial charge in [0.25, 0.3) is 0 Å². The Morgan fingerprint density at radius 3 is 1.98 bits per heavy atom. The largest absolute Gasteiger partial charge is 0.293 e. The maximum absolute atomic E-state index is 13.9. The second-order valence-electron chi connectivity index (χ2n) is 7.60. The van der Waals surface area contributed by atoms with Crippen LogP contribution in [0.4, 0.5) is 59.1 Å². The van der Waals surface area contributed by atoms with Crippen LogP contribution in [0.25, 0.3) is 0 Å². The minimum atomic E-state index is -2.30. The van der Waals surface area contributed by atoms with Gasteiger partial charge >= 0.3 is 0 Å². The zero-order chi connectivity index (χ0) is 28.4. The maximum atomic E-state index is 13.9. The number of thiazole rings is 1. The highest BCUT2D eigenvalue weighted by Crippen LogP contribution is 2.42. The number of rotatable bonds is 8. The molecule has 3 aromatic heterocycles. The molecule has 6 nitrogen and oxygen atoms in total. The second kappa shape index (κ2) is 12.1. The Morgan fingerprint density at radius 2 is 1.40 bits per heavy atom. The summed E-state index contributed by atoms with van der Waals surface area (Å²) in [5, 5.41) is 20.4. The summed E-state index contributed by atoms with van der Waals surface area (Å²) in [5.41, 5.74) is 0.532. The van der Waals surface area contributed by atoms with Crippen LogP contribution in [0.3, 0.4) is 0 Å². The van der Waals surface area contributed by atoms with Gasteiger partial charge in [0.1, 0.15) is 10.0 Å². The number of halogens is 7. The lowest BCUT2D eigenvalue weighted by Crippen LogP contribution is -2.06. The molecular weight excluding hydrogens is 634 g/mol. The topological polar surface area (TPSA) is 65.6 Å². The molecule has 0 saturated carbocycles. The Bertz CT molecular complexity index is 1660. The van der Waals surface area contributed by atoms with Gasteiger partial charge in [-0.1, -0.05) is 22.9 Å². The third-order valence-corrected chi connectivity index (χ3v) is 8.34. The van der Waals surface area contributed by atoms with E-state index in [9.17, 15) is 22.0 Å². The number of anilines is 3. The van der Waals surface area contributed by atoms with Crippen molar-refractivity contribution in [3.05, 3.63) is 93.0 Å². The zero-order valence-electron chi connectivity index (χ0n) is 19.5. The molecule has 204 valence electrons. The van der Waals surface area contributed by atoms with Gasteiger partial charge < -0.3 is 0 Å². The van der Waals surface area contributed by atoms with E-state index >= 15 is 0 Å². The van der Waals surface area contributed by atoms with Gasteiger partial charge in [0.05, 0.1) is 5.69 Å². The van der Waals surface area contributed by atoms with Crippen molar-refractivity contribution in [1.82, 2.24) is 4.98 Å². The molecule has 0 saturated heterocycles. The minimum Gasteiger partial charge on any atom is -0.293 e. The van der Waals surface area contributed by atoms with Crippen molar-refractivity contribution in [2.45, 2.75) is 5.88 Å². The average Bonchev–Trinajstić information content (AvgIpc) is 3.74. The summed E-state index contributed by atoms with van der Waals surface area (Å²) in [6, 6.07) is 13.4. The predicted octanol–water partition coefficient (Wildman–Crippen LogP) is 11.7. The van der Waals surface area contributed by atoms with E-state index in [0.717, 1.165) is 27.0 Å². The van der Waals surface area contributed by atoms with E-state index in [0.29, 0.717) is 11.3 Å². The van der Waals surface area contributed by atoms with Gasteiger partial charge in [-0.05, 0) is 58.8 Å². The van der Waals surface area contributed by atoms with E-state index in [1.807, 2.05) is 47.2 Å². The first kappa shape index (κ1) is 28.2. The van der Waals surface area contributed by atoms with Crippen molar-refractivity contribution in [1.29, 1.82) is 0 Å². The molecule has 5 aromatic rings. The van der Waals surface area contributed by atoms with Gasteiger partial charge in [0.15, 0.2) is 39.1 Å². The van der Waals surface area contributed by atoms with E-state index in [1.54, 1.807) is 28.7 Å². The number of alkyl halides is 1. The number of nitrogens with zero attached hydrogens (tertiary/aromatic N) is 6. The van der Waals surface area contributed by atoms with E-state index in [2.05, 4.69) is 30.3 Å². The molecule has 16 heteroatoms. The van der Waals surface area contributed by atoms with Crippen LogP contribution in [-0.2, 0) is 5.88 Å². The van der Waals surface area contributed by atoms with Gasteiger partial charge in [-0.2, -0.15) is 0 Å². The van der Waals surface area contributed by atoms with Gasteiger partial charge in [0.2, 0.25) is 10.9 Å². The fraction of sp³-hybridized carbons (Fsp3) is 0.0417.